The highest BCUT2D eigenvalue weighted by Crippen LogP contribution is 2.14. The first-order valence-electron chi connectivity index (χ1n) is 6.48. The first-order chi connectivity index (χ1) is 9.44. The van der Waals surface area contributed by atoms with Crippen LogP contribution in [0.3, 0.4) is 0 Å². The summed E-state index contributed by atoms with van der Waals surface area (Å²) in [6, 6.07) is 8.02. The summed E-state index contributed by atoms with van der Waals surface area (Å²) < 4.78 is 5.13. The molecule has 0 aliphatic carbocycles. The van der Waals surface area contributed by atoms with Gasteiger partial charge >= 0.3 is 6.09 Å². The number of amides is 1. The highest BCUT2D eigenvalue weighted by molar-refractivity contribution is 5.82. The molecule has 20 heavy (non-hydrogen) atoms. The number of fused-ring (bicyclic) bond motifs is 1. The molecular formula is C15H19N3O2. The molecule has 5 heteroatoms. The summed E-state index contributed by atoms with van der Waals surface area (Å²) in [5, 5.41) is 2.22. The number of pyridine rings is 1. The lowest BCUT2D eigenvalue weighted by Crippen LogP contribution is -2.40. The van der Waals surface area contributed by atoms with Gasteiger partial charge in [-0.1, -0.05) is 12.1 Å². The van der Waals surface area contributed by atoms with Crippen LogP contribution in [0.1, 0.15) is 26.3 Å². The zero-order valence-electron chi connectivity index (χ0n) is 11.9. The van der Waals surface area contributed by atoms with Crippen molar-refractivity contribution in [3.63, 3.8) is 0 Å². The van der Waals surface area contributed by atoms with E-state index < -0.39 is 11.7 Å². The monoisotopic (exact) mass is 273 g/mol. The van der Waals surface area contributed by atoms with Crippen molar-refractivity contribution in [1.82, 2.24) is 15.8 Å². The van der Waals surface area contributed by atoms with Crippen LogP contribution in [0.5, 0.6) is 0 Å². The Morgan fingerprint density at radius 1 is 1.25 bits per heavy atom. The standard InChI is InChI=1S/C15H19N3O2/c1-15(2,3)20-14(19)18-17-9-11-4-5-13-10-16-7-6-12(13)8-11/h4-8,10,17H,9H2,1-3H3,(H,18,19). The highest BCUT2D eigenvalue weighted by Gasteiger charge is 2.15. The number of aromatic nitrogens is 1. The van der Waals surface area contributed by atoms with E-state index in [0.717, 1.165) is 16.3 Å². The molecule has 0 spiro atoms. The van der Waals surface area contributed by atoms with Gasteiger partial charge in [0.2, 0.25) is 0 Å². The topological polar surface area (TPSA) is 63.2 Å². The lowest BCUT2D eigenvalue weighted by atomic mass is 10.1. The fraction of sp³-hybridized carbons (Fsp3) is 0.333. The molecule has 5 nitrogen and oxygen atoms in total. The molecule has 0 aliphatic rings. The SMILES string of the molecule is CC(C)(C)OC(=O)NNCc1ccc2cnccc2c1. The summed E-state index contributed by atoms with van der Waals surface area (Å²) in [5.41, 5.74) is 5.93. The van der Waals surface area contributed by atoms with Crippen molar-refractivity contribution in [3.8, 4) is 0 Å². The summed E-state index contributed by atoms with van der Waals surface area (Å²) in [5.74, 6) is 0. The van der Waals surface area contributed by atoms with E-state index in [0.29, 0.717) is 6.54 Å². The smallest absolute Gasteiger partial charge is 0.422 e. The Morgan fingerprint density at radius 3 is 2.80 bits per heavy atom. The lowest BCUT2D eigenvalue weighted by Gasteiger charge is -2.19. The maximum atomic E-state index is 11.5. The van der Waals surface area contributed by atoms with Gasteiger partial charge in [-0.2, -0.15) is 0 Å². The minimum atomic E-state index is -0.498. The Balaban J connectivity index is 1.88. The number of hydrogen-bond acceptors (Lipinski definition) is 4. The van der Waals surface area contributed by atoms with Crippen LogP contribution in [-0.2, 0) is 11.3 Å². The van der Waals surface area contributed by atoms with Crippen LogP contribution in [0, 0.1) is 0 Å². The predicted molar refractivity (Wildman–Crippen MR) is 78.0 cm³/mol. The van der Waals surface area contributed by atoms with E-state index in [4.69, 9.17) is 4.74 Å². The van der Waals surface area contributed by atoms with E-state index in [2.05, 4.69) is 21.9 Å². The van der Waals surface area contributed by atoms with Crippen LogP contribution in [0.15, 0.2) is 36.7 Å². The zero-order valence-corrected chi connectivity index (χ0v) is 11.9. The second-order valence-corrected chi connectivity index (χ2v) is 5.54. The number of nitrogens with one attached hydrogen (secondary N) is 2. The van der Waals surface area contributed by atoms with Crippen LogP contribution in [0.4, 0.5) is 4.79 Å². The summed E-state index contributed by atoms with van der Waals surface area (Å²) in [4.78, 5) is 15.5. The first-order valence-corrected chi connectivity index (χ1v) is 6.48. The van der Waals surface area contributed by atoms with Crippen LogP contribution in [0.25, 0.3) is 10.8 Å². The van der Waals surface area contributed by atoms with E-state index in [9.17, 15) is 4.79 Å². The quantitative estimate of drug-likeness (QED) is 0.844. The zero-order chi connectivity index (χ0) is 14.6. The summed E-state index contributed by atoms with van der Waals surface area (Å²) in [6.07, 6.45) is 3.10. The molecule has 0 bridgehead atoms. The number of rotatable bonds is 3. The van der Waals surface area contributed by atoms with Gasteiger partial charge in [0.15, 0.2) is 0 Å². The van der Waals surface area contributed by atoms with Gasteiger partial charge in [0.05, 0.1) is 0 Å². The fourth-order valence-electron chi connectivity index (χ4n) is 1.76. The van der Waals surface area contributed by atoms with Gasteiger partial charge in [-0.05, 0) is 43.9 Å². The van der Waals surface area contributed by atoms with Crippen LogP contribution >= 0.6 is 0 Å². The molecule has 2 rings (SSSR count). The van der Waals surface area contributed by atoms with E-state index in [-0.39, 0.29) is 0 Å². The van der Waals surface area contributed by atoms with Gasteiger partial charge < -0.3 is 4.74 Å². The molecule has 0 fully saturated rings. The maximum Gasteiger partial charge on any atom is 0.422 e. The summed E-state index contributed by atoms with van der Waals surface area (Å²) in [7, 11) is 0. The Labute approximate surface area is 118 Å². The molecule has 1 aromatic carbocycles. The second kappa shape index (κ2) is 5.88. The molecule has 0 saturated heterocycles. The van der Waals surface area contributed by atoms with Crippen molar-refractivity contribution < 1.29 is 9.53 Å². The number of nitrogens with zero attached hydrogens (tertiary/aromatic N) is 1. The largest absolute Gasteiger partial charge is 0.443 e. The normalized spacial score (nSPS) is 11.3. The van der Waals surface area contributed by atoms with Crippen molar-refractivity contribution in [3.05, 3.63) is 42.2 Å². The number of ether oxygens (including phenoxy) is 1. The van der Waals surface area contributed by atoms with Gasteiger partial charge in [-0.15, -0.1) is 0 Å². The molecule has 0 radical (unpaired) electrons. The Bertz CT molecular complexity index is 605. The van der Waals surface area contributed by atoms with Crippen molar-refractivity contribution in [2.24, 2.45) is 0 Å². The number of hydrogen-bond donors (Lipinski definition) is 2. The average Bonchev–Trinajstić information content (AvgIpc) is 2.36. The summed E-state index contributed by atoms with van der Waals surface area (Å²) in [6.45, 7) is 6.00. The van der Waals surface area contributed by atoms with Crippen molar-refractivity contribution in [1.29, 1.82) is 0 Å². The molecular weight excluding hydrogens is 254 g/mol. The van der Waals surface area contributed by atoms with Gasteiger partial charge in [0.1, 0.15) is 5.60 Å². The van der Waals surface area contributed by atoms with Crippen LogP contribution < -0.4 is 10.9 Å². The van der Waals surface area contributed by atoms with E-state index >= 15 is 0 Å². The predicted octanol–water partition coefficient (Wildman–Crippen LogP) is 2.76. The van der Waals surface area contributed by atoms with E-state index in [1.54, 1.807) is 6.20 Å². The Morgan fingerprint density at radius 2 is 2.05 bits per heavy atom. The minimum absolute atomic E-state index is 0.484. The molecule has 0 atom stereocenters. The average molecular weight is 273 g/mol. The van der Waals surface area contributed by atoms with Gasteiger partial charge in [-0.3, -0.25) is 10.4 Å². The maximum absolute atomic E-state index is 11.5. The van der Waals surface area contributed by atoms with E-state index in [1.165, 1.54) is 0 Å². The molecule has 1 aromatic heterocycles. The number of carbonyl (C=O) groups is 1. The third-order valence-electron chi connectivity index (χ3n) is 2.59. The molecule has 1 amide bonds. The number of carbonyl (C=O) groups excluding carboxylic acids is 1. The fourth-order valence-corrected chi connectivity index (χ4v) is 1.76. The third-order valence-corrected chi connectivity index (χ3v) is 2.59. The Kier molecular flexibility index (Phi) is 4.20. The molecule has 0 aliphatic heterocycles. The number of hydrazine groups is 1. The lowest BCUT2D eigenvalue weighted by molar-refractivity contribution is 0.0497. The molecule has 106 valence electrons. The molecule has 2 aromatic rings. The molecule has 2 N–H and O–H groups in total. The van der Waals surface area contributed by atoms with Crippen molar-refractivity contribution in [2.75, 3.05) is 0 Å². The van der Waals surface area contributed by atoms with E-state index in [1.807, 2.05) is 45.2 Å². The molecule has 0 saturated carbocycles. The van der Waals surface area contributed by atoms with Crippen LogP contribution in [0.2, 0.25) is 0 Å². The van der Waals surface area contributed by atoms with Gasteiger partial charge in [0.25, 0.3) is 0 Å². The van der Waals surface area contributed by atoms with Crippen LogP contribution in [-0.4, -0.2) is 16.7 Å². The highest BCUT2D eigenvalue weighted by atomic mass is 16.6. The molecule has 0 unspecified atom stereocenters. The minimum Gasteiger partial charge on any atom is -0.443 e. The number of benzene rings is 1. The molecule has 1 heterocycles. The summed E-state index contributed by atoms with van der Waals surface area (Å²) >= 11 is 0. The van der Waals surface area contributed by atoms with Gasteiger partial charge in [0, 0.05) is 24.3 Å². The van der Waals surface area contributed by atoms with Crippen molar-refractivity contribution in [2.45, 2.75) is 32.9 Å². The Hall–Kier alpha value is -2.14. The first kappa shape index (κ1) is 14.3. The van der Waals surface area contributed by atoms with Crippen molar-refractivity contribution >= 4 is 16.9 Å². The second-order valence-electron chi connectivity index (χ2n) is 5.54. The third kappa shape index (κ3) is 4.20. The van der Waals surface area contributed by atoms with Gasteiger partial charge in [-0.25, -0.2) is 10.2 Å².